The predicted molar refractivity (Wildman–Crippen MR) is 435 cm³/mol. The Kier molecular flexibility index (Phi) is 12.7. The van der Waals surface area contributed by atoms with Gasteiger partial charge in [0, 0.05) is 93.0 Å². The van der Waals surface area contributed by atoms with Gasteiger partial charge in [-0.3, -0.25) is 29.9 Å². The molecule has 0 aliphatic rings. The smallest absolute Gasteiger partial charge is 0.0786 e. The van der Waals surface area contributed by atoms with Gasteiger partial charge in [-0.2, -0.15) is 0 Å². The van der Waals surface area contributed by atoms with Crippen molar-refractivity contribution in [3.8, 4) is 100 Å². The maximum absolute atomic E-state index is 5.46. The van der Waals surface area contributed by atoms with E-state index >= 15 is 0 Å². The third-order valence-electron chi connectivity index (χ3n) is 22.1. The minimum atomic E-state index is 0.916. The molecule has 0 N–H and O–H groups in total. The van der Waals surface area contributed by atoms with E-state index in [2.05, 4.69) is 289 Å². The number of pyridine rings is 6. The quantitative estimate of drug-likeness (QED) is 0.134. The van der Waals surface area contributed by atoms with Crippen molar-refractivity contribution in [2.45, 2.75) is 0 Å². The largest absolute Gasteiger partial charge is 0.264 e. The zero-order valence-electron chi connectivity index (χ0n) is 56.0. The average molecular weight is 1320 g/mol. The topological polar surface area (TPSA) is 77.3 Å². The molecule has 6 aromatic heterocycles. The Balaban J connectivity index is 0.777. The van der Waals surface area contributed by atoms with E-state index in [0.717, 1.165) is 154 Å². The van der Waals surface area contributed by atoms with Gasteiger partial charge in [-0.1, -0.05) is 200 Å². The van der Waals surface area contributed by atoms with E-state index in [9.17, 15) is 0 Å². The van der Waals surface area contributed by atoms with Crippen molar-refractivity contribution in [2.75, 3.05) is 0 Å². The Bertz CT molecular complexity index is 7260. The van der Waals surface area contributed by atoms with Crippen LogP contribution in [0, 0.1) is 0 Å². The Morgan fingerprint density at radius 2 is 0.510 bits per heavy atom. The van der Waals surface area contributed by atoms with E-state index in [-0.39, 0.29) is 0 Å². The number of fused-ring (bicyclic) bond motifs is 6. The van der Waals surface area contributed by atoms with Crippen LogP contribution in [0.1, 0.15) is 0 Å². The minimum Gasteiger partial charge on any atom is -0.264 e. The number of benzene rings is 16. The summed E-state index contributed by atoms with van der Waals surface area (Å²) < 4.78 is 0. The summed E-state index contributed by atoms with van der Waals surface area (Å²) in [5.74, 6) is 0. The number of aromatic nitrogens is 6. The van der Waals surface area contributed by atoms with E-state index in [1.807, 2.05) is 61.7 Å². The predicted octanol–water partition coefficient (Wildman–Crippen LogP) is 25.8. The maximum atomic E-state index is 5.46. The molecule has 0 atom stereocenters. The molecule has 6 heteroatoms. The highest BCUT2D eigenvalue weighted by Crippen LogP contribution is 2.51. The second-order valence-electron chi connectivity index (χ2n) is 27.6. The molecule has 0 aliphatic heterocycles. The average Bonchev–Trinajstić information content (AvgIpc) is 1.14. The van der Waals surface area contributed by atoms with Gasteiger partial charge in [-0.05, 0) is 255 Å². The van der Waals surface area contributed by atoms with Gasteiger partial charge in [0.1, 0.15) is 0 Å². The Morgan fingerprint density at radius 1 is 0.163 bits per heavy atom. The van der Waals surface area contributed by atoms with Gasteiger partial charge in [0.25, 0.3) is 0 Å². The summed E-state index contributed by atoms with van der Waals surface area (Å²) in [6.45, 7) is 0. The molecule has 478 valence electrons. The Morgan fingerprint density at radius 3 is 1.10 bits per heavy atom. The number of para-hydroxylation sites is 1. The molecule has 6 heterocycles. The molecule has 0 bridgehead atoms. The van der Waals surface area contributed by atoms with Gasteiger partial charge in [0.15, 0.2) is 0 Å². The molecule has 0 amide bonds. The monoisotopic (exact) mass is 1320 g/mol. The lowest BCUT2D eigenvalue weighted by molar-refractivity contribution is 1.36. The van der Waals surface area contributed by atoms with Gasteiger partial charge in [-0.15, -0.1) is 0 Å². The maximum Gasteiger partial charge on any atom is 0.0786 e. The van der Waals surface area contributed by atoms with E-state index < -0.39 is 0 Å². The third-order valence-corrected chi connectivity index (χ3v) is 22.1. The molecule has 0 fully saturated rings. The minimum absolute atomic E-state index is 0.916. The molecule has 6 nitrogen and oxygen atoms in total. The fourth-order valence-electron chi connectivity index (χ4n) is 17.5. The van der Waals surface area contributed by atoms with Crippen LogP contribution >= 0.6 is 0 Å². The van der Waals surface area contributed by atoms with Crippen LogP contribution in [0.3, 0.4) is 0 Å². The Labute approximate surface area is 596 Å². The zero-order valence-corrected chi connectivity index (χ0v) is 56.0. The normalized spacial score (nSPS) is 12.0. The summed E-state index contributed by atoms with van der Waals surface area (Å²) in [4.78, 5) is 29.3. The third kappa shape index (κ3) is 8.89. The molecular formula is C98H56N6. The summed E-state index contributed by atoms with van der Waals surface area (Å²) >= 11 is 0. The number of rotatable bonds is 9. The lowest BCUT2D eigenvalue weighted by Crippen LogP contribution is -1.95. The van der Waals surface area contributed by atoms with E-state index in [1.165, 1.54) is 75.8 Å². The molecule has 104 heavy (non-hydrogen) atoms. The Hall–Kier alpha value is -13.9. The van der Waals surface area contributed by atoms with Crippen molar-refractivity contribution in [1.82, 2.24) is 29.9 Å². The molecule has 0 unspecified atom stereocenters. The highest BCUT2D eigenvalue weighted by molar-refractivity contribution is 6.32. The summed E-state index contributed by atoms with van der Waals surface area (Å²) in [6, 6.07) is 108. The van der Waals surface area contributed by atoms with Crippen LogP contribution in [0.5, 0.6) is 0 Å². The molecular weight excluding hydrogens is 1260 g/mol. The zero-order chi connectivity index (χ0) is 68.1. The molecule has 16 aromatic carbocycles. The first-order valence-corrected chi connectivity index (χ1v) is 35.4. The first kappa shape index (κ1) is 57.9. The number of nitrogens with zero attached hydrogens (tertiary/aromatic N) is 6. The van der Waals surface area contributed by atoms with Crippen molar-refractivity contribution >= 4 is 130 Å². The molecule has 0 saturated heterocycles. The highest BCUT2D eigenvalue weighted by atomic mass is 14.7. The van der Waals surface area contributed by atoms with E-state index in [0.29, 0.717) is 0 Å². The number of hydrogen-bond acceptors (Lipinski definition) is 6. The van der Waals surface area contributed by atoms with Gasteiger partial charge >= 0.3 is 0 Å². The fraction of sp³-hybridized carbons (Fsp3) is 0. The van der Waals surface area contributed by atoms with Crippen LogP contribution in [0.25, 0.3) is 230 Å². The van der Waals surface area contributed by atoms with Gasteiger partial charge < -0.3 is 0 Å². The first-order chi connectivity index (χ1) is 51.6. The number of hydrogen-bond donors (Lipinski definition) is 0. The van der Waals surface area contributed by atoms with Crippen molar-refractivity contribution in [2.24, 2.45) is 0 Å². The van der Waals surface area contributed by atoms with Crippen LogP contribution in [-0.4, -0.2) is 29.9 Å². The van der Waals surface area contributed by atoms with Crippen LogP contribution < -0.4 is 0 Å². The molecule has 0 saturated carbocycles. The SMILES string of the molecule is c1cc(-c2cc(-c3cccc4cnccc34)cc(-c3ccc4c(-c5ccc(-c6cc(-c7ccc8ccc9c(-c%10cccc%11ncccc%10%11)ccc%10ccc7c8c%109)cc(-c7cccc8cccnc78)c6)c6ncccc56)cc5c(-c6cccc7ncccc67)ccc6ccc3c4c65)c2)c2ccncc2c1. The van der Waals surface area contributed by atoms with E-state index in [1.54, 1.807) is 0 Å². The van der Waals surface area contributed by atoms with Gasteiger partial charge in [0.05, 0.1) is 22.1 Å². The van der Waals surface area contributed by atoms with Crippen molar-refractivity contribution in [3.63, 3.8) is 0 Å². The van der Waals surface area contributed by atoms with Crippen molar-refractivity contribution < 1.29 is 0 Å². The first-order valence-electron chi connectivity index (χ1n) is 35.4. The summed E-state index contributed by atoms with van der Waals surface area (Å²) in [7, 11) is 0. The second-order valence-corrected chi connectivity index (χ2v) is 27.6. The molecule has 0 aliphatic carbocycles. The van der Waals surface area contributed by atoms with Gasteiger partial charge in [0.2, 0.25) is 0 Å². The molecule has 22 rings (SSSR count). The van der Waals surface area contributed by atoms with Gasteiger partial charge in [-0.25, -0.2) is 0 Å². The fourth-order valence-corrected chi connectivity index (χ4v) is 17.5. The molecule has 22 aromatic rings. The lowest BCUT2D eigenvalue weighted by atomic mass is 9.82. The van der Waals surface area contributed by atoms with Crippen LogP contribution in [0.15, 0.2) is 341 Å². The van der Waals surface area contributed by atoms with Crippen molar-refractivity contribution in [1.29, 1.82) is 0 Å². The van der Waals surface area contributed by atoms with Crippen LogP contribution in [-0.2, 0) is 0 Å². The summed E-state index contributed by atoms with van der Waals surface area (Å²) in [5.41, 5.74) is 24.1. The van der Waals surface area contributed by atoms with Crippen LogP contribution in [0.2, 0.25) is 0 Å². The molecule has 0 radical (unpaired) electrons. The summed E-state index contributed by atoms with van der Waals surface area (Å²) in [6.07, 6.45) is 15.4. The summed E-state index contributed by atoms with van der Waals surface area (Å²) in [5, 5.41) is 23.4. The lowest BCUT2D eigenvalue weighted by Gasteiger charge is -2.21. The molecule has 0 spiro atoms. The van der Waals surface area contributed by atoms with Crippen molar-refractivity contribution in [3.05, 3.63) is 341 Å². The van der Waals surface area contributed by atoms with E-state index in [4.69, 9.17) is 19.9 Å². The van der Waals surface area contributed by atoms with Crippen LogP contribution in [0.4, 0.5) is 0 Å². The second kappa shape index (κ2) is 22.8. The highest BCUT2D eigenvalue weighted by Gasteiger charge is 2.25. The standard InChI is InChI=1S/C98H56N6/c1-10-60-13-6-44-103-97(60)75(16-1)67-51-66(71-30-24-57-29-35-86-79(31-25-58-27-33-84(71)93(57)94(58)86)77-17-4-22-91-82(77)19-7-42-101-91)52-68(53-67)76-37-38-81(88-21-9-45-104-98(76)88)89-54-90-80(78-18-5-23-92-83(78)20-8-43-102-92)32-26-59-28-34-85-72(36-39-87(89)96(85)95(59)90)65-49-63(69-14-2-11-61-55-99-46-40-73(61)69)48-64(50-65)70-15-3-12-62-56-100-47-41-74(62)70/h1-56H.